The first-order valence-corrected chi connectivity index (χ1v) is 6.09. The zero-order valence-electron chi connectivity index (χ0n) is 11.1. The van der Waals surface area contributed by atoms with Gasteiger partial charge in [0.05, 0.1) is 18.6 Å². The second kappa shape index (κ2) is 7.39. The molecule has 0 spiro atoms. The molecule has 1 rings (SSSR count). The Labute approximate surface area is 112 Å². The number of aryl methyl sites for hydroxylation is 1. The molecule has 0 unspecified atom stereocenters. The highest BCUT2D eigenvalue weighted by Crippen LogP contribution is 2.26. The summed E-state index contributed by atoms with van der Waals surface area (Å²) < 4.78 is 5.42. The summed E-state index contributed by atoms with van der Waals surface area (Å²) in [6.45, 7) is 3.74. The van der Waals surface area contributed by atoms with E-state index in [4.69, 9.17) is 10.00 Å². The molecule has 0 bridgehead atoms. The molecule has 5 heteroatoms. The zero-order valence-corrected chi connectivity index (χ0v) is 11.1. The minimum atomic E-state index is -0.655. The molecule has 1 aromatic rings. The van der Waals surface area contributed by atoms with E-state index in [9.17, 15) is 9.90 Å². The Kier molecular flexibility index (Phi) is 5.83. The fraction of sp³-hybridized carbons (Fsp3) is 0.429. The van der Waals surface area contributed by atoms with Gasteiger partial charge in [-0.25, -0.2) is 0 Å². The predicted molar refractivity (Wildman–Crippen MR) is 70.5 cm³/mol. The van der Waals surface area contributed by atoms with Crippen molar-refractivity contribution >= 4 is 5.91 Å². The van der Waals surface area contributed by atoms with Crippen LogP contribution < -0.4 is 10.1 Å². The number of ether oxygens (including phenoxy) is 1. The van der Waals surface area contributed by atoms with Crippen LogP contribution in [0, 0.1) is 18.3 Å². The Morgan fingerprint density at radius 3 is 2.95 bits per heavy atom. The number of nitrogens with zero attached hydrogens (tertiary/aromatic N) is 1. The molecule has 1 aromatic carbocycles. The van der Waals surface area contributed by atoms with Crippen molar-refractivity contribution in [2.45, 2.75) is 26.4 Å². The van der Waals surface area contributed by atoms with Gasteiger partial charge >= 0.3 is 0 Å². The van der Waals surface area contributed by atoms with E-state index in [1.54, 1.807) is 19.1 Å². The Bertz CT molecular complexity index is 478. The number of nitriles is 1. The molecule has 0 heterocycles. The molecule has 5 nitrogen and oxygen atoms in total. The Balaban J connectivity index is 2.59. The highest BCUT2D eigenvalue weighted by atomic mass is 16.5. The number of aliphatic hydroxyl groups excluding tert-OH is 1. The third-order valence-corrected chi connectivity index (χ3v) is 2.54. The molecule has 0 fully saturated rings. The van der Waals surface area contributed by atoms with E-state index in [-0.39, 0.29) is 18.9 Å². The molecule has 0 aliphatic rings. The monoisotopic (exact) mass is 262 g/mol. The van der Waals surface area contributed by atoms with Gasteiger partial charge in [-0.1, -0.05) is 12.1 Å². The van der Waals surface area contributed by atoms with Crippen molar-refractivity contribution in [3.05, 3.63) is 29.3 Å². The van der Waals surface area contributed by atoms with Crippen LogP contribution in [0.15, 0.2) is 18.2 Å². The largest absolute Gasteiger partial charge is 0.483 e. The maximum Gasteiger partial charge on any atom is 0.257 e. The number of carbonyl (C=O) groups excluding carboxylic acids is 1. The van der Waals surface area contributed by atoms with Crippen molar-refractivity contribution in [1.29, 1.82) is 5.26 Å². The first-order valence-electron chi connectivity index (χ1n) is 6.09. The quantitative estimate of drug-likeness (QED) is 0.760. The van der Waals surface area contributed by atoms with Gasteiger partial charge in [0.25, 0.3) is 5.91 Å². The van der Waals surface area contributed by atoms with Crippen LogP contribution in [0.5, 0.6) is 5.75 Å². The lowest BCUT2D eigenvalue weighted by Gasteiger charge is -2.14. The molecule has 0 radical (unpaired) electrons. The number of nitrogens with one attached hydrogen (secondary N) is 1. The van der Waals surface area contributed by atoms with E-state index in [1.165, 1.54) is 0 Å². The summed E-state index contributed by atoms with van der Waals surface area (Å²) in [5, 5.41) is 20.5. The van der Waals surface area contributed by atoms with Gasteiger partial charge in [0.1, 0.15) is 5.75 Å². The lowest BCUT2D eigenvalue weighted by Crippen LogP contribution is -2.29. The summed E-state index contributed by atoms with van der Waals surface area (Å²) in [5.74, 6) is 0.221. The fourth-order valence-corrected chi connectivity index (χ4v) is 1.56. The number of hydrogen-bond donors (Lipinski definition) is 2. The summed E-state index contributed by atoms with van der Waals surface area (Å²) in [5.41, 5.74) is 1.64. The second-order valence-corrected chi connectivity index (χ2v) is 4.26. The van der Waals surface area contributed by atoms with Crippen LogP contribution in [0.25, 0.3) is 0 Å². The first-order chi connectivity index (χ1) is 9.04. The van der Waals surface area contributed by atoms with E-state index in [2.05, 4.69) is 5.32 Å². The van der Waals surface area contributed by atoms with Crippen molar-refractivity contribution in [3.63, 3.8) is 0 Å². The number of aliphatic hydroxyl groups is 1. The molecule has 1 atom stereocenters. The highest BCUT2D eigenvalue weighted by Gasteiger charge is 2.11. The van der Waals surface area contributed by atoms with Gasteiger partial charge in [0, 0.05) is 12.1 Å². The average Bonchev–Trinajstić information content (AvgIpc) is 2.36. The van der Waals surface area contributed by atoms with Gasteiger partial charge in [0.15, 0.2) is 6.61 Å². The summed E-state index contributed by atoms with van der Waals surface area (Å²) in [6, 6.07) is 7.38. The van der Waals surface area contributed by atoms with Crippen LogP contribution in [0.4, 0.5) is 0 Å². The lowest BCUT2D eigenvalue weighted by molar-refractivity contribution is -0.123. The topological polar surface area (TPSA) is 82.3 Å². The third kappa shape index (κ3) is 4.98. The minimum absolute atomic E-state index is 0.130. The first kappa shape index (κ1) is 15.0. The Morgan fingerprint density at radius 2 is 2.32 bits per heavy atom. The molecule has 19 heavy (non-hydrogen) atoms. The number of carbonyl (C=O) groups is 1. The summed E-state index contributed by atoms with van der Waals surface area (Å²) in [7, 11) is 0. The second-order valence-electron chi connectivity index (χ2n) is 4.26. The van der Waals surface area contributed by atoms with Crippen LogP contribution in [-0.4, -0.2) is 24.2 Å². The van der Waals surface area contributed by atoms with E-state index >= 15 is 0 Å². The molecule has 1 amide bonds. The Morgan fingerprint density at radius 1 is 1.58 bits per heavy atom. The molecule has 0 aromatic heterocycles. The molecule has 0 saturated carbocycles. The average molecular weight is 262 g/mol. The van der Waals surface area contributed by atoms with Crippen LogP contribution in [0.3, 0.4) is 0 Å². The SMILES string of the molecule is Cc1ccc([C@@H](C)O)c(OCC(=O)NCCC#N)c1. The predicted octanol–water partition coefficient (Wildman–Crippen LogP) is 1.46. The van der Waals surface area contributed by atoms with Crippen molar-refractivity contribution in [1.82, 2.24) is 5.32 Å². The van der Waals surface area contributed by atoms with Crippen LogP contribution >= 0.6 is 0 Å². The van der Waals surface area contributed by atoms with Crippen molar-refractivity contribution in [3.8, 4) is 11.8 Å². The molecule has 2 N–H and O–H groups in total. The van der Waals surface area contributed by atoms with E-state index < -0.39 is 6.10 Å². The standard InChI is InChI=1S/C14H18N2O3/c1-10-4-5-12(11(2)17)13(8-10)19-9-14(18)16-7-3-6-15/h4-5,8,11,17H,3,7,9H2,1-2H3,(H,16,18)/t11-/m1/s1. The molecular formula is C14H18N2O3. The van der Waals surface area contributed by atoms with Crippen molar-refractivity contribution in [2.75, 3.05) is 13.2 Å². The zero-order chi connectivity index (χ0) is 14.3. The van der Waals surface area contributed by atoms with Gasteiger partial charge in [-0.05, 0) is 25.5 Å². The Hall–Kier alpha value is -2.06. The van der Waals surface area contributed by atoms with Crippen molar-refractivity contribution < 1.29 is 14.6 Å². The number of rotatable bonds is 6. The van der Waals surface area contributed by atoms with Gasteiger partial charge < -0.3 is 15.2 Å². The summed E-state index contributed by atoms with van der Waals surface area (Å²) in [4.78, 5) is 11.4. The maximum atomic E-state index is 11.4. The van der Waals surface area contributed by atoms with E-state index in [0.29, 0.717) is 17.9 Å². The fourth-order valence-electron chi connectivity index (χ4n) is 1.56. The van der Waals surface area contributed by atoms with Crippen LogP contribution in [0.2, 0.25) is 0 Å². The number of benzene rings is 1. The minimum Gasteiger partial charge on any atom is -0.483 e. The molecule has 0 aliphatic carbocycles. The number of amides is 1. The smallest absolute Gasteiger partial charge is 0.257 e. The highest BCUT2D eigenvalue weighted by molar-refractivity contribution is 5.77. The van der Waals surface area contributed by atoms with Crippen molar-refractivity contribution in [2.24, 2.45) is 0 Å². The summed E-state index contributed by atoms with van der Waals surface area (Å²) >= 11 is 0. The third-order valence-electron chi connectivity index (χ3n) is 2.54. The molecule has 0 aliphatic heterocycles. The number of hydrogen-bond acceptors (Lipinski definition) is 4. The molecule has 0 saturated heterocycles. The molecular weight excluding hydrogens is 244 g/mol. The van der Waals surface area contributed by atoms with Crippen LogP contribution in [0.1, 0.15) is 30.6 Å². The summed E-state index contributed by atoms with van der Waals surface area (Å²) in [6.07, 6.45) is -0.382. The van der Waals surface area contributed by atoms with E-state index in [0.717, 1.165) is 5.56 Å². The van der Waals surface area contributed by atoms with Gasteiger partial charge in [0.2, 0.25) is 0 Å². The lowest BCUT2D eigenvalue weighted by atomic mass is 10.1. The van der Waals surface area contributed by atoms with Crippen LogP contribution in [-0.2, 0) is 4.79 Å². The van der Waals surface area contributed by atoms with Gasteiger partial charge in [-0.2, -0.15) is 5.26 Å². The van der Waals surface area contributed by atoms with E-state index in [1.807, 2.05) is 19.1 Å². The van der Waals surface area contributed by atoms with Gasteiger partial charge in [-0.15, -0.1) is 0 Å². The maximum absolute atomic E-state index is 11.4. The van der Waals surface area contributed by atoms with Gasteiger partial charge in [-0.3, -0.25) is 4.79 Å². The normalized spacial score (nSPS) is 11.5. The molecule has 102 valence electrons.